The molecule has 4 aromatic heterocycles. The van der Waals surface area contributed by atoms with Gasteiger partial charge in [0.05, 0.1) is 30.5 Å². The van der Waals surface area contributed by atoms with E-state index < -0.39 is 6.10 Å². The van der Waals surface area contributed by atoms with Crippen molar-refractivity contribution in [3.63, 3.8) is 0 Å². The molecule has 1 fully saturated rings. The number of thiazole rings is 1. The summed E-state index contributed by atoms with van der Waals surface area (Å²) < 4.78 is 9.13. The number of fused-ring (bicyclic) bond motifs is 1. The van der Waals surface area contributed by atoms with Gasteiger partial charge in [-0.3, -0.25) is 4.40 Å². The lowest BCUT2D eigenvalue weighted by Gasteiger charge is -2.09. The van der Waals surface area contributed by atoms with Gasteiger partial charge in [0, 0.05) is 4.88 Å². The van der Waals surface area contributed by atoms with Crippen LogP contribution in [0.3, 0.4) is 0 Å². The van der Waals surface area contributed by atoms with Crippen LogP contribution in [0.4, 0.5) is 0 Å². The number of aromatic nitrogens is 7. The molecular weight excluding hydrogens is 426 g/mol. The van der Waals surface area contributed by atoms with Crippen LogP contribution in [0.25, 0.3) is 10.5 Å². The fourth-order valence-electron chi connectivity index (χ4n) is 3.62. The van der Waals surface area contributed by atoms with Crippen molar-refractivity contribution >= 4 is 16.2 Å². The molecule has 4 heterocycles. The Labute approximate surface area is 187 Å². The molecule has 0 aliphatic heterocycles. The third kappa shape index (κ3) is 3.53. The summed E-state index contributed by atoms with van der Waals surface area (Å²) in [5, 5.41) is 19.5. The van der Waals surface area contributed by atoms with E-state index in [0.717, 1.165) is 28.9 Å². The summed E-state index contributed by atoms with van der Waals surface area (Å²) in [6.45, 7) is 0.395. The Morgan fingerprint density at radius 1 is 1.12 bits per heavy atom. The fraction of sp³-hybridized carbons (Fsp3) is 0.227. The van der Waals surface area contributed by atoms with Crippen molar-refractivity contribution in [3.8, 4) is 11.7 Å². The van der Waals surface area contributed by atoms with Crippen LogP contribution in [-0.2, 0) is 6.61 Å². The maximum Gasteiger partial charge on any atom is 0.316 e. The van der Waals surface area contributed by atoms with Crippen molar-refractivity contribution in [3.05, 3.63) is 83.3 Å². The fourth-order valence-corrected chi connectivity index (χ4v) is 4.92. The molecule has 6 rings (SSSR count). The van der Waals surface area contributed by atoms with E-state index in [-0.39, 0.29) is 6.01 Å². The zero-order valence-corrected chi connectivity index (χ0v) is 17.8. The predicted molar refractivity (Wildman–Crippen MR) is 117 cm³/mol. The molecule has 0 saturated heterocycles. The molecule has 1 aliphatic carbocycles. The van der Waals surface area contributed by atoms with Crippen molar-refractivity contribution in [1.29, 1.82) is 0 Å². The molecular formula is C22H19N7O2S. The summed E-state index contributed by atoms with van der Waals surface area (Å²) in [5.41, 5.74) is 2.97. The average molecular weight is 446 g/mol. The van der Waals surface area contributed by atoms with Gasteiger partial charge in [0.2, 0.25) is 0 Å². The zero-order chi connectivity index (χ0) is 21.5. The lowest BCUT2D eigenvalue weighted by molar-refractivity contribution is 0.208. The molecule has 0 spiro atoms. The molecule has 1 aromatic carbocycles. The van der Waals surface area contributed by atoms with Crippen molar-refractivity contribution in [2.24, 2.45) is 0 Å². The van der Waals surface area contributed by atoms with Crippen LogP contribution < -0.4 is 4.74 Å². The second-order valence-corrected chi connectivity index (χ2v) is 8.78. The van der Waals surface area contributed by atoms with Crippen LogP contribution in [0.1, 0.15) is 46.7 Å². The minimum atomic E-state index is -0.892. The first-order valence-electron chi connectivity index (χ1n) is 10.3. The maximum atomic E-state index is 11.1. The topological polar surface area (TPSA) is 103 Å². The van der Waals surface area contributed by atoms with E-state index in [1.807, 2.05) is 40.9 Å². The average Bonchev–Trinajstić information content (AvgIpc) is 3.22. The molecule has 5 aromatic rings. The third-order valence-electron chi connectivity index (χ3n) is 5.42. The van der Waals surface area contributed by atoms with E-state index >= 15 is 0 Å². The van der Waals surface area contributed by atoms with Gasteiger partial charge in [-0.15, -0.1) is 16.4 Å². The first-order chi connectivity index (χ1) is 15.8. The van der Waals surface area contributed by atoms with Gasteiger partial charge in [0.1, 0.15) is 35.2 Å². The molecule has 1 saturated carbocycles. The van der Waals surface area contributed by atoms with Gasteiger partial charge in [0.25, 0.3) is 0 Å². The molecule has 160 valence electrons. The SMILES string of the molecule is OC(c1cn(-c2cnc(OCc3ccccc3)nc2)nn1)c1c(C2CC2)sc2cncn12. The summed E-state index contributed by atoms with van der Waals surface area (Å²) in [6.07, 6.45) is 9.91. The van der Waals surface area contributed by atoms with E-state index in [2.05, 4.69) is 25.3 Å². The number of hydrogen-bond acceptors (Lipinski definition) is 8. The number of aliphatic hydroxyl groups excluding tert-OH is 1. The Balaban J connectivity index is 1.21. The van der Waals surface area contributed by atoms with Crippen molar-refractivity contribution in [2.75, 3.05) is 0 Å². The summed E-state index contributed by atoms with van der Waals surface area (Å²) in [4.78, 5) is 14.9. The summed E-state index contributed by atoms with van der Waals surface area (Å²) in [7, 11) is 0. The number of hydrogen-bond donors (Lipinski definition) is 1. The number of imidazole rings is 1. The van der Waals surface area contributed by atoms with Gasteiger partial charge in [-0.2, -0.15) is 0 Å². The van der Waals surface area contributed by atoms with Crippen LogP contribution in [-0.4, -0.2) is 39.5 Å². The van der Waals surface area contributed by atoms with Crippen LogP contribution in [0.2, 0.25) is 0 Å². The van der Waals surface area contributed by atoms with Gasteiger partial charge < -0.3 is 9.84 Å². The third-order valence-corrected chi connectivity index (χ3v) is 6.69. The highest BCUT2D eigenvalue weighted by molar-refractivity contribution is 7.17. The van der Waals surface area contributed by atoms with Crippen molar-refractivity contribution in [1.82, 2.24) is 34.3 Å². The van der Waals surface area contributed by atoms with Crippen LogP contribution in [0.15, 0.2) is 61.4 Å². The second-order valence-electron chi connectivity index (χ2n) is 7.72. The van der Waals surface area contributed by atoms with Gasteiger partial charge in [0.15, 0.2) is 0 Å². The van der Waals surface area contributed by atoms with E-state index in [1.54, 1.807) is 40.9 Å². The van der Waals surface area contributed by atoms with Crippen molar-refractivity contribution in [2.45, 2.75) is 31.5 Å². The van der Waals surface area contributed by atoms with Crippen LogP contribution in [0.5, 0.6) is 6.01 Å². The minimum absolute atomic E-state index is 0.285. The molecule has 1 aliphatic rings. The Kier molecular flexibility index (Phi) is 4.66. The van der Waals surface area contributed by atoms with E-state index in [0.29, 0.717) is 23.9 Å². The summed E-state index contributed by atoms with van der Waals surface area (Å²) in [5.74, 6) is 0.511. The summed E-state index contributed by atoms with van der Waals surface area (Å²) >= 11 is 1.68. The smallest absolute Gasteiger partial charge is 0.316 e. The highest BCUT2D eigenvalue weighted by Crippen LogP contribution is 2.47. The quantitative estimate of drug-likeness (QED) is 0.410. The molecule has 0 amide bonds. The zero-order valence-electron chi connectivity index (χ0n) is 16.9. The lowest BCUT2D eigenvalue weighted by Crippen LogP contribution is -2.06. The first kappa shape index (κ1) is 19.1. The lowest BCUT2D eigenvalue weighted by atomic mass is 10.1. The van der Waals surface area contributed by atoms with Gasteiger partial charge in [-0.1, -0.05) is 35.5 Å². The largest absolute Gasteiger partial charge is 0.459 e. The van der Waals surface area contributed by atoms with Gasteiger partial charge >= 0.3 is 6.01 Å². The highest BCUT2D eigenvalue weighted by atomic mass is 32.1. The number of benzene rings is 1. The normalized spacial score (nSPS) is 14.7. The minimum Gasteiger partial charge on any atom is -0.459 e. The maximum absolute atomic E-state index is 11.1. The molecule has 1 unspecified atom stereocenters. The van der Waals surface area contributed by atoms with Crippen molar-refractivity contribution < 1.29 is 9.84 Å². The molecule has 9 nitrogen and oxygen atoms in total. The molecule has 32 heavy (non-hydrogen) atoms. The van der Waals surface area contributed by atoms with E-state index in [9.17, 15) is 5.11 Å². The van der Waals surface area contributed by atoms with Gasteiger partial charge in [-0.25, -0.2) is 19.6 Å². The molecule has 1 atom stereocenters. The standard InChI is InChI=1S/C22H19N7O2S/c30-20(19-21(15-6-7-15)32-18-10-23-13-28(18)19)17-11-29(27-26-17)16-8-24-22(25-9-16)31-12-14-4-2-1-3-5-14/h1-5,8-11,13,15,20,30H,6-7,12H2. The predicted octanol–water partition coefficient (Wildman–Crippen LogP) is 3.30. The van der Waals surface area contributed by atoms with Crippen LogP contribution >= 0.6 is 11.3 Å². The van der Waals surface area contributed by atoms with Gasteiger partial charge in [-0.05, 0) is 24.3 Å². The first-order valence-corrected chi connectivity index (χ1v) is 11.1. The monoisotopic (exact) mass is 445 g/mol. The Morgan fingerprint density at radius 2 is 1.94 bits per heavy atom. The number of ether oxygens (including phenoxy) is 1. The van der Waals surface area contributed by atoms with E-state index in [1.165, 1.54) is 4.88 Å². The molecule has 0 bridgehead atoms. The highest BCUT2D eigenvalue weighted by Gasteiger charge is 2.33. The summed E-state index contributed by atoms with van der Waals surface area (Å²) in [6, 6.07) is 10.1. The Bertz CT molecular complexity index is 1360. The number of aliphatic hydroxyl groups is 1. The Hall–Kier alpha value is -3.63. The molecule has 10 heteroatoms. The molecule has 0 radical (unpaired) electrons. The number of rotatable bonds is 7. The van der Waals surface area contributed by atoms with E-state index in [4.69, 9.17) is 4.74 Å². The molecule has 1 N–H and O–H groups in total. The van der Waals surface area contributed by atoms with Crippen LogP contribution in [0, 0.1) is 0 Å². The number of nitrogens with zero attached hydrogens (tertiary/aromatic N) is 7. The second kappa shape index (κ2) is 7.81. The Morgan fingerprint density at radius 3 is 2.72 bits per heavy atom.